The number of hydrogen-bond acceptors (Lipinski definition) is 6. The quantitative estimate of drug-likeness (QED) is 0.388. The maximum Gasteiger partial charge on any atom is 0.268 e. The van der Waals surface area contributed by atoms with Crippen LogP contribution < -0.4 is 4.74 Å². The van der Waals surface area contributed by atoms with Gasteiger partial charge in [0.2, 0.25) is 0 Å². The van der Waals surface area contributed by atoms with Gasteiger partial charge in [0.05, 0.1) is 21.7 Å². The summed E-state index contributed by atoms with van der Waals surface area (Å²) in [6.45, 7) is 0. The molecule has 34 heavy (non-hydrogen) atoms. The first-order valence-corrected chi connectivity index (χ1v) is 13.2. The van der Waals surface area contributed by atoms with Gasteiger partial charge in [0.25, 0.3) is 10.0 Å². The number of nitriles is 1. The minimum atomic E-state index is -4.10. The molecule has 0 bridgehead atoms. The van der Waals surface area contributed by atoms with Gasteiger partial charge in [-0.15, -0.1) is 0 Å². The normalized spacial score (nSPS) is 11.9. The highest BCUT2D eigenvalue weighted by molar-refractivity contribution is 7.90. The molecule has 11 heteroatoms. The molecule has 174 valence electrons. The number of benzene rings is 3. The first kappa shape index (κ1) is 23.4. The van der Waals surface area contributed by atoms with Gasteiger partial charge in [-0.25, -0.2) is 29.6 Å². The highest BCUT2D eigenvalue weighted by Gasteiger charge is 2.25. The number of fused-ring (bicyclic) bond motifs is 1. The van der Waals surface area contributed by atoms with Crippen molar-refractivity contribution in [3.63, 3.8) is 0 Å². The van der Waals surface area contributed by atoms with Crippen molar-refractivity contribution in [2.75, 3.05) is 6.26 Å². The van der Waals surface area contributed by atoms with Gasteiger partial charge in [-0.3, -0.25) is 0 Å². The van der Waals surface area contributed by atoms with Crippen molar-refractivity contribution in [1.29, 1.82) is 5.26 Å². The van der Waals surface area contributed by atoms with Crippen molar-refractivity contribution in [3.05, 3.63) is 89.6 Å². The largest absolute Gasteiger partial charge is 0.454 e. The lowest BCUT2D eigenvalue weighted by Crippen LogP contribution is -2.12. The lowest BCUT2D eigenvalue weighted by Gasteiger charge is -2.15. The molecule has 0 aliphatic heterocycles. The van der Waals surface area contributed by atoms with Crippen molar-refractivity contribution in [1.82, 2.24) is 3.97 Å². The summed E-state index contributed by atoms with van der Waals surface area (Å²) in [6.07, 6.45) is 2.14. The Morgan fingerprint density at radius 2 is 1.68 bits per heavy atom. The Morgan fingerprint density at radius 3 is 2.32 bits per heavy atom. The third-order valence-corrected chi connectivity index (χ3v) is 7.47. The zero-order chi connectivity index (χ0) is 24.7. The predicted molar refractivity (Wildman–Crippen MR) is 121 cm³/mol. The molecule has 0 radical (unpaired) electrons. The van der Waals surface area contributed by atoms with E-state index in [1.165, 1.54) is 24.4 Å². The fourth-order valence-corrected chi connectivity index (χ4v) is 5.65. The minimum absolute atomic E-state index is 0.0340. The molecule has 1 heterocycles. The van der Waals surface area contributed by atoms with Gasteiger partial charge in [-0.1, -0.05) is 18.2 Å². The van der Waals surface area contributed by atoms with E-state index in [0.717, 1.165) is 34.5 Å². The fourth-order valence-electron chi connectivity index (χ4n) is 3.48. The lowest BCUT2D eigenvalue weighted by molar-refractivity contribution is 0.438. The molecule has 0 aliphatic carbocycles. The maximum absolute atomic E-state index is 15.3. The Kier molecular flexibility index (Phi) is 5.89. The molecular weight excluding hydrogens is 486 g/mol. The average molecular weight is 503 g/mol. The zero-order valence-electron chi connectivity index (χ0n) is 17.6. The monoisotopic (exact) mass is 502 g/mol. The van der Waals surface area contributed by atoms with Gasteiger partial charge in [0, 0.05) is 35.5 Å². The molecule has 1 aromatic heterocycles. The molecule has 0 saturated carbocycles. The second-order valence-electron chi connectivity index (χ2n) is 7.45. The molecule has 0 amide bonds. The number of hydrogen-bond donors (Lipinski definition) is 0. The summed E-state index contributed by atoms with van der Waals surface area (Å²) < 4.78 is 85.9. The molecule has 0 aliphatic rings. The van der Waals surface area contributed by atoms with Gasteiger partial charge in [-0.05, 0) is 30.3 Å². The third kappa shape index (κ3) is 4.37. The van der Waals surface area contributed by atoms with Gasteiger partial charge < -0.3 is 4.74 Å². The second-order valence-corrected chi connectivity index (χ2v) is 11.4. The molecule has 7 nitrogen and oxygen atoms in total. The van der Waals surface area contributed by atoms with Crippen LogP contribution in [0.1, 0.15) is 11.1 Å². The Bertz CT molecular complexity index is 1670. The maximum atomic E-state index is 15.3. The second kappa shape index (κ2) is 8.55. The summed E-state index contributed by atoms with van der Waals surface area (Å²) in [5.74, 6) is -3.05. The highest BCUT2D eigenvalue weighted by Crippen LogP contribution is 2.37. The number of sulfone groups is 1. The molecule has 3 aromatic carbocycles. The fraction of sp³-hybridized carbons (Fsp3) is 0.0870. The van der Waals surface area contributed by atoms with Crippen molar-refractivity contribution >= 4 is 30.8 Å². The van der Waals surface area contributed by atoms with E-state index in [1.807, 2.05) is 0 Å². The van der Waals surface area contributed by atoms with E-state index >= 15 is 4.39 Å². The molecule has 0 atom stereocenters. The van der Waals surface area contributed by atoms with E-state index in [9.17, 15) is 21.2 Å². The Labute approximate surface area is 194 Å². The lowest BCUT2D eigenvalue weighted by atomic mass is 10.1. The third-order valence-electron chi connectivity index (χ3n) is 4.95. The number of nitrogens with zero attached hydrogens (tertiary/aromatic N) is 2. The van der Waals surface area contributed by atoms with Crippen LogP contribution in [0.2, 0.25) is 0 Å². The van der Waals surface area contributed by atoms with Gasteiger partial charge in [0.15, 0.2) is 21.4 Å². The van der Waals surface area contributed by atoms with Crippen LogP contribution in [0.25, 0.3) is 10.9 Å². The van der Waals surface area contributed by atoms with Gasteiger partial charge >= 0.3 is 0 Å². The summed E-state index contributed by atoms with van der Waals surface area (Å²) in [4.78, 5) is -0.0340. The summed E-state index contributed by atoms with van der Waals surface area (Å²) in [6, 6.07) is 14.6. The van der Waals surface area contributed by atoms with E-state index in [-0.39, 0.29) is 32.7 Å². The van der Waals surface area contributed by atoms with Crippen molar-refractivity contribution in [3.8, 4) is 17.6 Å². The van der Waals surface area contributed by atoms with Crippen molar-refractivity contribution in [2.24, 2.45) is 0 Å². The van der Waals surface area contributed by atoms with Crippen LogP contribution >= 0.6 is 0 Å². The van der Waals surface area contributed by atoms with Crippen molar-refractivity contribution in [2.45, 2.75) is 10.6 Å². The van der Waals surface area contributed by atoms with E-state index in [1.54, 1.807) is 24.3 Å². The summed E-state index contributed by atoms with van der Waals surface area (Å²) in [7, 11) is -7.82. The van der Waals surface area contributed by atoms with E-state index in [2.05, 4.69) is 0 Å². The van der Waals surface area contributed by atoms with Crippen LogP contribution in [-0.2, 0) is 25.6 Å². The Hall–Kier alpha value is -3.75. The Balaban J connectivity index is 1.94. The van der Waals surface area contributed by atoms with Crippen LogP contribution in [0.15, 0.2) is 71.8 Å². The van der Waals surface area contributed by atoms with E-state index in [4.69, 9.17) is 10.00 Å². The average Bonchev–Trinajstić information content (AvgIpc) is 3.21. The van der Waals surface area contributed by atoms with Crippen LogP contribution in [0.5, 0.6) is 11.5 Å². The van der Waals surface area contributed by atoms with Gasteiger partial charge in [-0.2, -0.15) is 5.26 Å². The van der Waals surface area contributed by atoms with E-state index < -0.39 is 43.0 Å². The molecule has 0 fully saturated rings. The Morgan fingerprint density at radius 1 is 0.971 bits per heavy atom. The summed E-state index contributed by atoms with van der Waals surface area (Å²) >= 11 is 0. The number of halogens is 2. The standard InChI is InChI=1S/C23H16F2N2O5S2/c1-33(28,29)14-19-18-9-10-27(34(30,31)17-5-3-2-4-6-17)22(18)12-21(25)23(19)32-16-7-8-20(24)15(11-16)13-26/h2-12H,14H2,1H3. The number of rotatable bonds is 6. The van der Waals surface area contributed by atoms with E-state index in [0.29, 0.717) is 0 Å². The van der Waals surface area contributed by atoms with Crippen LogP contribution in [0.4, 0.5) is 8.78 Å². The van der Waals surface area contributed by atoms with Crippen LogP contribution in [0, 0.1) is 23.0 Å². The molecule has 0 N–H and O–H groups in total. The zero-order valence-corrected chi connectivity index (χ0v) is 19.2. The molecule has 4 aromatic rings. The summed E-state index contributed by atoms with van der Waals surface area (Å²) in [5.41, 5.74) is -0.532. The molecule has 0 unspecified atom stereocenters. The number of ether oxygens (including phenoxy) is 1. The van der Waals surface area contributed by atoms with Crippen molar-refractivity contribution < 1.29 is 30.4 Å². The first-order valence-electron chi connectivity index (χ1n) is 9.69. The van der Waals surface area contributed by atoms with Gasteiger partial charge in [0.1, 0.15) is 17.6 Å². The minimum Gasteiger partial charge on any atom is -0.454 e. The number of aromatic nitrogens is 1. The van der Waals surface area contributed by atoms with Crippen LogP contribution in [-0.4, -0.2) is 27.1 Å². The first-order chi connectivity index (χ1) is 16.0. The molecule has 0 saturated heterocycles. The topological polar surface area (TPSA) is 106 Å². The highest BCUT2D eigenvalue weighted by atomic mass is 32.2. The predicted octanol–water partition coefficient (Wildman–Crippen LogP) is 4.37. The molecule has 4 rings (SSSR count). The SMILES string of the molecule is CS(=O)(=O)Cc1c(Oc2ccc(F)c(C#N)c2)c(F)cc2c1ccn2S(=O)(=O)c1ccccc1. The summed E-state index contributed by atoms with van der Waals surface area (Å²) in [5, 5.41) is 9.17. The van der Waals surface area contributed by atoms with Crippen LogP contribution in [0.3, 0.4) is 0 Å². The smallest absolute Gasteiger partial charge is 0.268 e. The molecule has 0 spiro atoms. The molecular formula is C23H16F2N2O5S2.